The van der Waals surface area contributed by atoms with Crippen molar-refractivity contribution in [2.24, 2.45) is 0 Å². The van der Waals surface area contributed by atoms with Gasteiger partial charge in [-0.25, -0.2) is 0 Å². The van der Waals surface area contributed by atoms with E-state index in [9.17, 15) is 4.89 Å². The second-order valence-electron chi connectivity index (χ2n) is 3.09. The second-order valence-corrected chi connectivity index (χ2v) is 4.50. The van der Waals surface area contributed by atoms with E-state index in [1.165, 1.54) is 5.56 Å². The SMILES string of the molecule is [O-][P+]1=CC=[N+](Cc2ccccc2)C1. The maximum absolute atomic E-state index is 11.1. The second kappa shape index (κ2) is 3.82. The molecular weight excluding hydrogens is 181 g/mol. The Balaban J connectivity index is 2.02. The highest BCUT2D eigenvalue weighted by molar-refractivity contribution is 7.52. The molecule has 3 heteroatoms. The van der Waals surface area contributed by atoms with Crippen LogP contribution in [0.15, 0.2) is 30.3 Å². The van der Waals surface area contributed by atoms with Crippen molar-refractivity contribution in [3.05, 3.63) is 35.9 Å². The van der Waals surface area contributed by atoms with E-state index in [-0.39, 0.29) is 0 Å². The summed E-state index contributed by atoms with van der Waals surface area (Å²) >= 11 is 0. The Kier molecular flexibility index (Phi) is 2.53. The van der Waals surface area contributed by atoms with E-state index < -0.39 is 7.77 Å². The minimum absolute atomic E-state index is 0.671. The molecule has 1 unspecified atom stereocenters. The molecule has 0 fully saturated rings. The first-order valence-electron chi connectivity index (χ1n) is 4.25. The maximum Gasteiger partial charge on any atom is 0.287 e. The zero-order chi connectivity index (χ0) is 9.10. The van der Waals surface area contributed by atoms with Gasteiger partial charge in [0.15, 0.2) is 12.3 Å². The molecule has 0 radical (unpaired) electrons. The van der Waals surface area contributed by atoms with Gasteiger partial charge in [-0.1, -0.05) is 30.3 Å². The Hall–Kier alpha value is -0.980. The highest BCUT2D eigenvalue weighted by Crippen LogP contribution is 2.14. The van der Waals surface area contributed by atoms with Gasteiger partial charge < -0.3 is 4.89 Å². The Morgan fingerprint density at radius 1 is 1.31 bits per heavy atom. The highest BCUT2D eigenvalue weighted by atomic mass is 31.1. The van der Waals surface area contributed by atoms with Crippen molar-refractivity contribution in [1.29, 1.82) is 0 Å². The standard InChI is InChI=1S/C10H11NOP/c12-13-7-6-11(9-13)8-10-4-2-1-3-5-10/h1-7H,8-9H2/q+1. The lowest BCUT2D eigenvalue weighted by Gasteiger charge is -1.96. The van der Waals surface area contributed by atoms with E-state index in [1.807, 2.05) is 24.4 Å². The Labute approximate surface area is 78.6 Å². The number of benzene rings is 1. The molecule has 2 nitrogen and oxygen atoms in total. The van der Waals surface area contributed by atoms with Crippen molar-refractivity contribution in [3.63, 3.8) is 0 Å². The fraction of sp³-hybridized carbons (Fsp3) is 0.200. The van der Waals surface area contributed by atoms with E-state index in [4.69, 9.17) is 0 Å². The molecule has 0 saturated heterocycles. The van der Waals surface area contributed by atoms with E-state index in [2.05, 4.69) is 16.7 Å². The monoisotopic (exact) mass is 192 g/mol. The first-order valence-corrected chi connectivity index (χ1v) is 5.76. The Morgan fingerprint density at radius 3 is 2.69 bits per heavy atom. The lowest BCUT2D eigenvalue weighted by molar-refractivity contribution is -0.520. The first-order chi connectivity index (χ1) is 6.34. The van der Waals surface area contributed by atoms with E-state index in [1.54, 1.807) is 5.80 Å². The summed E-state index contributed by atoms with van der Waals surface area (Å²) in [7, 11) is -1.11. The third-order valence-electron chi connectivity index (χ3n) is 1.99. The summed E-state index contributed by atoms with van der Waals surface area (Å²) in [6.07, 6.45) is 2.59. The van der Waals surface area contributed by atoms with Crippen LogP contribution in [-0.4, -0.2) is 22.9 Å². The smallest absolute Gasteiger partial charge is 0.287 e. The predicted octanol–water partition coefficient (Wildman–Crippen LogP) is 0.800. The zero-order valence-corrected chi connectivity index (χ0v) is 8.15. The Morgan fingerprint density at radius 2 is 2.08 bits per heavy atom. The van der Waals surface area contributed by atoms with Crippen LogP contribution in [0.25, 0.3) is 0 Å². The van der Waals surface area contributed by atoms with Crippen molar-refractivity contribution < 1.29 is 9.47 Å². The molecule has 1 aromatic carbocycles. The molecule has 1 aromatic rings. The number of nitrogens with zero attached hydrogens (tertiary/aromatic N) is 1. The van der Waals surface area contributed by atoms with Crippen molar-refractivity contribution in [2.45, 2.75) is 6.54 Å². The van der Waals surface area contributed by atoms with Crippen LogP contribution in [0.1, 0.15) is 5.56 Å². The van der Waals surface area contributed by atoms with Crippen LogP contribution in [0.3, 0.4) is 0 Å². The van der Waals surface area contributed by atoms with Gasteiger partial charge in [0, 0.05) is 5.56 Å². The quantitative estimate of drug-likeness (QED) is 0.502. The van der Waals surface area contributed by atoms with Gasteiger partial charge in [-0.15, -0.1) is 0 Å². The largest absolute Gasteiger partial charge is 0.625 e. The maximum atomic E-state index is 11.1. The molecule has 1 atom stereocenters. The van der Waals surface area contributed by atoms with Gasteiger partial charge in [-0.05, 0) is 0 Å². The van der Waals surface area contributed by atoms with Crippen LogP contribution in [0.4, 0.5) is 0 Å². The molecule has 0 N–H and O–H groups in total. The first kappa shape index (κ1) is 8.61. The molecule has 0 aromatic heterocycles. The molecule has 1 aliphatic rings. The van der Waals surface area contributed by atoms with Gasteiger partial charge >= 0.3 is 0 Å². The van der Waals surface area contributed by atoms with Gasteiger partial charge in [0.1, 0.15) is 7.77 Å². The summed E-state index contributed by atoms with van der Waals surface area (Å²) in [4.78, 5) is 11.1. The summed E-state index contributed by atoms with van der Waals surface area (Å²) < 4.78 is 2.08. The summed E-state index contributed by atoms with van der Waals surface area (Å²) in [5, 5.41) is 0. The zero-order valence-electron chi connectivity index (χ0n) is 7.26. The third-order valence-corrected chi connectivity index (χ3v) is 3.10. The molecular formula is C10H11NOP+. The Bertz CT molecular complexity index is 356. The van der Waals surface area contributed by atoms with Crippen LogP contribution in [-0.2, 0) is 6.54 Å². The molecule has 0 bridgehead atoms. The van der Waals surface area contributed by atoms with Gasteiger partial charge in [0.2, 0.25) is 6.21 Å². The van der Waals surface area contributed by atoms with Gasteiger partial charge in [-0.2, -0.15) is 4.58 Å². The van der Waals surface area contributed by atoms with Crippen LogP contribution in [0.2, 0.25) is 0 Å². The van der Waals surface area contributed by atoms with Gasteiger partial charge in [0.25, 0.3) is 6.29 Å². The van der Waals surface area contributed by atoms with Crippen molar-refractivity contribution in [1.82, 2.24) is 0 Å². The van der Waals surface area contributed by atoms with Gasteiger partial charge in [-0.3, -0.25) is 0 Å². The number of rotatable bonds is 2. The fourth-order valence-electron chi connectivity index (χ4n) is 1.36. The molecule has 0 aliphatic carbocycles. The molecule has 0 amide bonds. The lowest BCUT2D eigenvalue weighted by atomic mass is 10.2. The number of hydrogen-bond acceptors (Lipinski definition) is 1. The van der Waals surface area contributed by atoms with Crippen molar-refractivity contribution >= 4 is 19.8 Å². The topological polar surface area (TPSA) is 26.1 Å². The molecule has 66 valence electrons. The summed E-state index contributed by atoms with van der Waals surface area (Å²) in [5.74, 6) is 1.78. The molecule has 13 heavy (non-hydrogen) atoms. The summed E-state index contributed by atoms with van der Waals surface area (Å²) in [5.41, 5.74) is 1.26. The normalized spacial score (nSPS) is 18.2. The molecule has 1 heterocycles. The third kappa shape index (κ3) is 2.24. The lowest BCUT2D eigenvalue weighted by Crippen LogP contribution is -2.09. The predicted molar refractivity (Wildman–Crippen MR) is 54.3 cm³/mol. The molecule has 2 rings (SSSR count). The average molecular weight is 192 g/mol. The molecule has 0 spiro atoms. The van der Waals surface area contributed by atoms with E-state index in [0.717, 1.165) is 6.54 Å². The van der Waals surface area contributed by atoms with Crippen LogP contribution in [0, 0.1) is 0 Å². The summed E-state index contributed by atoms with van der Waals surface area (Å²) in [6, 6.07) is 10.2. The van der Waals surface area contributed by atoms with Crippen molar-refractivity contribution in [3.8, 4) is 0 Å². The minimum atomic E-state index is -1.11. The van der Waals surface area contributed by atoms with Crippen LogP contribution >= 0.6 is 7.77 Å². The van der Waals surface area contributed by atoms with E-state index in [0.29, 0.717) is 6.29 Å². The van der Waals surface area contributed by atoms with Crippen LogP contribution < -0.4 is 4.89 Å². The van der Waals surface area contributed by atoms with Crippen LogP contribution in [0.5, 0.6) is 0 Å². The number of hydrogen-bond donors (Lipinski definition) is 0. The van der Waals surface area contributed by atoms with E-state index >= 15 is 0 Å². The molecule has 1 aliphatic heterocycles. The highest BCUT2D eigenvalue weighted by Gasteiger charge is 2.15. The summed E-state index contributed by atoms with van der Waals surface area (Å²) in [6.45, 7) is 0.860. The van der Waals surface area contributed by atoms with Gasteiger partial charge in [0.05, 0.1) is 0 Å². The molecule has 0 saturated carbocycles. The fourth-order valence-corrected chi connectivity index (χ4v) is 2.35. The average Bonchev–Trinajstić information content (AvgIpc) is 2.53. The minimum Gasteiger partial charge on any atom is -0.625 e. The van der Waals surface area contributed by atoms with Crippen molar-refractivity contribution in [2.75, 3.05) is 6.29 Å².